The first-order valence-corrected chi connectivity index (χ1v) is 45.8. The van der Waals surface area contributed by atoms with Crippen LogP contribution in [0.4, 0.5) is 61.2 Å². The van der Waals surface area contributed by atoms with Crippen LogP contribution < -0.4 is 20.0 Å². The predicted molar refractivity (Wildman–Crippen MR) is 534 cm³/mol. The molecule has 0 amide bonds. The monoisotopic (exact) mass is 1660 g/mol. The molecule has 0 bridgehead atoms. The third-order valence-corrected chi connectivity index (χ3v) is 27.7. The molecule has 0 aliphatic carbocycles. The van der Waals surface area contributed by atoms with Crippen LogP contribution >= 0.6 is 56.9 Å². The number of nitrogens with one attached hydrogen (secondary N) is 1. The second kappa shape index (κ2) is 32.5. The normalized spacial score (nSPS) is 12.7. The molecule has 0 fully saturated rings. The first kappa shape index (κ1) is 85.9. The number of anilines is 11. The Kier molecular flexibility index (Phi) is 23.4. The van der Waals surface area contributed by atoms with Gasteiger partial charge in [-0.15, -0.1) is 45.3 Å². The molecular weight excluding hydrogens is 1540 g/mol. The largest absolute Gasteiger partial charge is 0.347 e. The second-order valence-corrected chi connectivity index (χ2v) is 45.7. The van der Waals surface area contributed by atoms with Crippen LogP contribution in [0.15, 0.2) is 255 Å². The lowest BCUT2D eigenvalue weighted by molar-refractivity contribution is 0.590. The molecule has 119 heavy (non-hydrogen) atoms. The maximum absolute atomic E-state index is 6.57. The minimum atomic E-state index is 0.0526. The van der Waals surface area contributed by atoms with Crippen molar-refractivity contribution in [1.82, 2.24) is 0 Å². The SMILES string of the molecule is CC(C)(C)c1ccc(Nc2cc3cc(C(C)(C)C)ccc3s2)cc1.Cc1cc(Cl)cc(N(c2ccc(C(C)(C)C)cc2)c2cccc3c2sc2ccc(C(C)(C)C)cc23)c1.Cc1cc(N(c2ccc(C(C)(C)C)cc2)c2cc3cc(C(C)(C)C)ccc3s2)cc(N(c2ccc(C(C)(C)C)cc2)c2cccc3c2sc2ccc(C(C)(C)C)cc23)c1. The van der Waals surface area contributed by atoms with Crippen LogP contribution in [0, 0.1) is 13.8 Å². The molecule has 1 N–H and O–H groups in total. The van der Waals surface area contributed by atoms with Gasteiger partial charge >= 0.3 is 0 Å². The van der Waals surface area contributed by atoms with Crippen molar-refractivity contribution in [3.05, 3.63) is 315 Å². The lowest BCUT2D eigenvalue weighted by atomic mass is 9.86. The quantitative estimate of drug-likeness (QED) is 0.139. The number of fused-ring (bicyclic) bond motifs is 8. The van der Waals surface area contributed by atoms with E-state index in [1.165, 1.54) is 132 Å². The molecule has 612 valence electrons. The van der Waals surface area contributed by atoms with E-state index >= 15 is 0 Å². The molecule has 0 radical (unpaired) electrons. The molecule has 0 aliphatic rings. The molecule has 0 saturated carbocycles. The van der Waals surface area contributed by atoms with Crippen molar-refractivity contribution in [3.8, 4) is 0 Å². The fourth-order valence-corrected chi connectivity index (χ4v) is 20.4. The highest BCUT2D eigenvalue weighted by atomic mass is 35.5. The van der Waals surface area contributed by atoms with E-state index in [4.69, 9.17) is 11.6 Å². The summed E-state index contributed by atoms with van der Waals surface area (Å²) in [5.41, 5.74) is 24.3. The maximum atomic E-state index is 6.57. The fourth-order valence-electron chi connectivity index (χ4n) is 15.7. The average molecular weight is 1660 g/mol. The molecule has 4 aromatic heterocycles. The van der Waals surface area contributed by atoms with Crippen molar-refractivity contribution in [2.75, 3.05) is 20.0 Å². The van der Waals surface area contributed by atoms with Crippen molar-refractivity contribution >= 4 is 179 Å². The van der Waals surface area contributed by atoms with Gasteiger partial charge in [0.2, 0.25) is 0 Å². The lowest BCUT2D eigenvalue weighted by Gasteiger charge is -2.30. The number of thiophene rings is 4. The van der Waals surface area contributed by atoms with Gasteiger partial charge in [0.15, 0.2) is 0 Å². The molecule has 12 aromatic carbocycles. The van der Waals surface area contributed by atoms with E-state index in [2.05, 4.69) is 449 Å². The van der Waals surface area contributed by atoms with Crippen molar-refractivity contribution < 1.29 is 0 Å². The van der Waals surface area contributed by atoms with Gasteiger partial charge in [0, 0.05) is 85.2 Å². The Balaban J connectivity index is 0.000000163. The third-order valence-electron chi connectivity index (χ3n) is 23.0. The summed E-state index contributed by atoms with van der Waals surface area (Å²) in [7, 11) is 0. The van der Waals surface area contributed by atoms with E-state index < -0.39 is 0 Å². The topological polar surface area (TPSA) is 21.8 Å². The van der Waals surface area contributed by atoms with Crippen LogP contribution in [0.3, 0.4) is 0 Å². The summed E-state index contributed by atoms with van der Waals surface area (Å²) in [6.45, 7) is 59.0. The summed E-state index contributed by atoms with van der Waals surface area (Å²) in [4.78, 5) is 7.32. The molecule has 0 unspecified atom stereocenters. The summed E-state index contributed by atoms with van der Waals surface area (Å²) < 4.78 is 7.84. The van der Waals surface area contributed by atoms with Gasteiger partial charge in [-0.25, -0.2) is 0 Å². The van der Waals surface area contributed by atoms with Gasteiger partial charge < -0.3 is 20.0 Å². The molecular formula is C110H121ClN4S4. The van der Waals surface area contributed by atoms with E-state index in [9.17, 15) is 0 Å². The Bertz CT molecular complexity index is 6350. The highest BCUT2D eigenvalue weighted by Gasteiger charge is 2.28. The van der Waals surface area contributed by atoms with E-state index in [-0.39, 0.29) is 43.3 Å². The lowest BCUT2D eigenvalue weighted by Crippen LogP contribution is -2.15. The molecule has 4 heterocycles. The Morgan fingerprint density at radius 3 is 0.958 bits per heavy atom. The van der Waals surface area contributed by atoms with Gasteiger partial charge in [-0.2, -0.15) is 0 Å². The van der Waals surface area contributed by atoms with Gasteiger partial charge in [0.25, 0.3) is 0 Å². The van der Waals surface area contributed by atoms with E-state index in [1.54, 1.807) is 0 Å². The Morgan fingerprint density at radius 1 is 0.252 bits per heavy atom. The molecule has 4 nitrogen and oxygen atoms in total. The van der Waals surface area contributed by atoms with Crippen molar-refractivity contribution in [2.24, 2.45) is 0 Å². The van der Waals surface area contributed by atoms with E-state index in [0.29, 0.717) is 0 Å². The minimum Gasteiger partial charge on any atom is -0.347 e. The average Bonchev–Trinajstić information content (AvgIpc) is 1.62. The van der Waals surface area contributed by atoms with Crippen LogP contribution in [0.2, 0.25) is 5.02 Å². The fraction of sp³-hybridized carbons (Fsp3) is 0.309. The van der Waals surface area contributed by atoms with Crippen molar-refractivity contribution in [2.45, 2.75) is 223 Å². The summed E-state index contributed by atoms with van der Waals surface area (Å²) in [5.74, 6) is 0. The van der Waals surface area contributed by atoms with Gasteiger partial charge in [0.05, 0.1) is 25.8 Å². The van der Waals surface area contributed by atoms with Crippen LogP contribution in [0.25, 0.3) is 60.5 Å². The van der Waals surface area contributed by atoms with Gasteiger partial charge in [-0.1, -0.05) is 275 Å². The van der Waals surface area contributed by atoms with Crippen LogP contribution in [-0.2, 0) is 43.3 Å². The Hall–Kier alpha value is -9.51. The van der Waals surface area contributed by atoms with E-state index in [0.717, 1.165) is 50.4 Å². The molecule has 9 heteroatoms. The maximum Gasteiger partial charge on any atom is 0.101 e. The van der Waals surface area contributed by atoms with E-state index in [1.807, 2.05) is 51.4 Å². The summed E-state index contributed by atoms with van der Waals surface area (Å²) in [6.07, 6.45) is 0. The zero-order chi connectivity index (χ0) is 85.6. The number of nitrogens with zero attached hydrogens (tertiary/aromatic N) is 3. The number of rotatable bonds is 11. The Morgan fingerprint density at radius 2 is 0.571 bits per heavy atom. The molecule has 0 saturated heterocycles. The van der Waals surface area contributed by atoms with Gasteiger partial charge in [0.1, 0.15) is 5.00 Å². The standard InChI is InChI=1S/C55H60N2S2.C33H34ClNS.C22H27NS/c1-35-29-43(34-44(30-35)57(42-25-19-38(20-26-42)53(5,6)7)50-32-36-31-39(54(8,9)10)21-27-48(36)58-50)56(41-23-17-37(18-24-41)52(2,3)4)47-16-14-15-45-46-33-40(55(11,12)13)22-28-49(46)59-51(45)47;1-21-17-24(34)20-26(18-21)35(25-14-11-22(12-15-25)32(2,3)4)29-10-8-9-27-28-19-23(33(5,6)7)13-16-30(28)36-31(27)29;1-21(2,3)16-7-10-18(11-8-16)23-20-14-15-13-17(22(4,5)6)9-12-19(15)24-20/h14-34H,1-13H3;8-20H,1-7H3;7-14,23H,1-6H3. The zero-order valence-corrected chi connectivity index (χ0v) is 79.1. The molecule has 0 aliphatic heterocycles. The highest BCUT2D eigenvalue weighted by Crippen LogP contribution is 2.52. The zero-order valence-electron chi connectivity index (χ0n) is 75.1. The molecule has 16 aromatic rings. The molecule has 16 rings (SSSR count). The van der Waals surface area contributed by atoms with Gasteiger partial charge in [-0.3, -0.25) is 0 Å². The number of hydrogen-bond donors (Lipinski definition) is 1. The Labute approximate surface area is 731 Å². The number of benzene rings is 12. The van der Waals surface area contributed by atoms with Crippen molar-refractivity contribution in [3.63, 3.8) is 0 Å². The summed E-state index contributed by atoms with van der Waals surface area (Å²) in [6, 6.07) is 95.6. The number of aryl methyl sites for hydroxylation is 2. The first-order chi connectivity index (χ1) is 55.7. The highest BCUT2D eigenvalue weighted by molar-refractivity contribution is 7.27. The molecule has 0 spiro atoms. The third kappa shape index (κ3) is 19.0. The first-order valence-electron chi connectivity index (χ1n) is 42.2. The van der Waals surface area contributed by atoms with Gasteiger partial charge in [-0.05, 0) is 281 Å². The minimum absolute atomic E-state index is 0.0526. The number of hydrogen-bond acceptors (Lipinski definition) is 8. The van der Waals surface area contributed by atoms with Crippen LogP contribution in [0.1, 0.15) is 222 Å². The predicted octanol–water partition coefficient (Wildman–Crippen LogP) is 36.0. The smallest absolute Gasteiger partial charge is 0.101 e. The summed E-state index contributed by atoms with van der Waals surface area (Å²) in [5, 5.41) is 14.6. The molecule has 0 atom stereocenters. The van der Waals surface area contributed by atoms with Crippen LogP contribution in [0.5, 0.6) is 0 Å². The number of halogens is 1. The van der Waals surface area contributed by atoms with Crippen molar-refractivity contribution in [1.29, 1.82) is 0 Å². The second-order valence-electron chi connectivity index (χ2n) is 41.0. The summed E-state index contributed by atoms with van der Waals surface area (Å²) >= 11 is 14.0. The van der Waals surface area contributed by atoms with Crippen LogP contribution in [-0.4, -0.2) is 0 Å².